The highest BCUT2D eigenvalue weighted by atomic mass is 16.5. The predicted molar refractivity (Wildman–Crippen MR) is 121 cm³/mol. The summed E-state index contributed by atoms with van der Waals surface area (Å²) in [6.07, 6.45) is 0.659. The number of urea groups is 1. The lowest BCUT2D eigenvalue weighted by Gasteiger charge is -2.17. The highest BCUT2D eigenvalue weighted by Gasteiger charge is 2.16. The van der Waals surface area contributed by atoms with E-state index in [2.05, 4.69) is 15.7 Å². The fourth-order valence-corrected chi connectivity index (χ4v) is 3.05. The molecule has 1 aromatic heterocycles. The summed E-state index contributed by atoms with van der Waals surface area (Å²) < 4.78 is 16.9. The number of benzene rings is 2. The summed E-state index contributed by atoms with van der Waals surface area (Å²) in [5.41, 5.74) is 1.96. The Balaban J connectivity index is 1.56. The van der Waals surface area contributed by atoms with E-state index in [9.17, 15) is 14.7 Å². The second-order valence-corrected chi connectivity index (χ2v) is 6.87. The molecule has 0 fully saturated rings. The SMILES string of the molecule is CCOC(=O)c1ccn(-c2ccc(NC(=O)NCC(O)c3cc(OC)ccc3OC)cc2)n1. The highest BCUT2D eigenvalue weighted by Crippen LogP contribution is 2.29. The van der Waals surface area contributed by atoms with Crippen molar-refractivity contribution in [2.24, 2.45) is 0 Å². The number of hydrogen-bond acceptors (Lipinski definition) is 7. The van der Waals surface area contributed by atoms with Crippen LogP contribution in [0.5, 0.6) is 11.5 Å². The molecule has 0 saturated heterocycles. The Hall–Kier alpha value is -4.05. The molecular weight excluding hydrogens is 428 g/mol. The molecule has 1 unspecified atom stereocenters. The minimum atomic E-state index is -0.989. The average molecular weight is 454 g/mol. The van der Waals surface area contributed by atoms with E-state index in [1.165, 1.54) is 18.9 Å². The van der Waals surface area contributed by atoms with E-state index in [-0.39, 0.29) is 18.8 Å². The van der Waals surface area contributed by atoms with Crippen molar-refractivity contribution in [1.29, 1.82) is 0 Å². The van der Waals surface area contributed by atoms with Crippen LogP contribution in [0.3, 0.4) is 0 Å². The van der Waals surface area contributed by atoms with Crippen LogP contribution in [-0.4, -0.2) is 54.3 Å². The van der Waals surface area contributed by atoms with Gasteiger partial charge in [0.05, 0.1) is 26.5 Å². The van der Waals surface area contributed by atoms with E-state index in [4.69, 9.17) is 14.2 Å². The van der Waals surface area contributed by atoms with Crippen molar-refractivity contribution in [1.82, 2.24) is 15.1 Å². The number of nitrogens with one attached hydrogen (secondary N) is 2. The van der Waals surface area contributed by atoms with E-state index in [0.29, 0.717) is 28.4 Å². The van der Waals surface area contributed by atoms with Crippen LogP contribution in [0.1, 0.15) is 29.1 Å². The van der Waals surface area contributed by atoms with E-state index >= 15 is 0 Å². The Kier molecular flexibility index (Phi) is 7.87. The van der Waals surface area contributed by atoms with Gasteiger partial charge in [-0.05, 0) is 55.5 Å². The number of aliphatic hydroxyl groups is 1. The number of anilines is 1. The maximum absolute atomic E-state index is 12.3. The summed E-state index contributed by atoms with van der Waals surface area (Å²) in [5.74, 6) is 0.576. The highest BCUT2D eigenvalue weighted by molar-refractivity contribution is 5.89. The molecule has 0 radical (unpaired) electrons. The number of methoxy groups -OCH3 is 2. The van der Waals surface area contributed by atoms with Gasteiger partial charge in [-0.3, -0.25) is 0 Å². The van der Waals surface area contributed by atoms with Crippen LogP contribution < -0.4 is 20.1 Å². The van der Waals surface area contributed by atoms with Gasteiger partial charge in [0.25, 0.3) is 0 Å². The summed E-state index contributed by atoms with van der Waals surface area (Å²) in [6, 6.07) is 13.0. The smallest absolute Gasteiger partial charge is 0.358 e. The number of nitrogens with zero attached hydrogens (tertiary/aromatic N) is 2. The van der Waals surface area contributed by atoms with E-state index in [0.717, 1.165) is 0 Å². The van der Waals surface area contributed by atoms with Crippen molar-refractivity contribution in [2.75, 3.05) is 32.7 Å². The minimum absolute atomic E-state index is 0.0304. The zero-order valence-corrected chi connectivity index (χ0v) is 18.6. The molecule has 10 heteroatoms. The van der Waals surface area contributed by atoms with Crippen LogP contribution in [0, 0.1) is 0 Å². The Morgan fingerprint density at radius 1 is 1.09 bits per heavy atom. The maximum atomic E-state index is 12.3. The number of aromatic nitrogens is 2. The fourth-order valence-electron chi connectivity index (χ4n) is 3.05. The van der Waals surface area contributed by atoms with Gasteiger partial charge >= 0.3 is 12.0 Å². The summed E-state index contributed by atoms with van der Waals surface area (Å²) in [4.78, 5) is 24.0. The van der Waals surface area contributed by atoms with Gasteiger partial charge in [0.2, 0.25) is 0 Å². The Bertz CT molecular complexity index is 1100. The number of aliphatic hydroxyl groups excluding tert-OH is 1. The van der Waals surface area contributed by atoms with Gasteiger partial charge in [-0.1, -0.05) is 0 Å². The van der Waals surface area contributed by atoms with Crippen LogP contribution in [-0.2, 0) is 4.74 Å². The van der Waals surface area contributed by atoms with Gasteiger partial charge in [-0.15, -0.1) is 0 Å². The van der Waals surface area contributed by atoms with E-state index in [1.54, 1.807) is 61.7 Å². The third kappa shape index (κ3) is 6.01. The van der Waals surface area contributed by atoms with Gasteiger partial charge in [-0.25, -0.2) is 14.3 Å². The largest absolute Gasteiger partial charge is 0.497 e. The van der Waals surface area contributed by atoms with Crippen molar-refractivity contribution in [3.05, 3.63) is 66.0 Å². The molecule has 1 heterocycles. The summed E-state index contributed by atoms with van der Waals surface area (Å²) in [5, 5.41) is 20.0. The molecule has 0 aliphatic rings. The molecule has 10 nitrogen and oxygen atoms in total. The maximum Gasteiger partial charge on any atom is 0.358 e. The summed E-state index contributed by atoms with van der Waals surface area (Å²) in [6.45, 7) is 1.97. The fraction of sp³-hybridized carbons (Fsp3) is 0.261. The number of hydrogen-bond donors (Lipinski definition) is 3. The van der Waals surface area contributed by atoms with Crippen molar-refractivity contribution < 1.29 is 28.9 Å². The molecule has 0 aliphatic carbocycles. The van der Waals surface area contributed by atoms with Gasteiger partial charge < -0.3 is 30.0 Å². The standard InChI is InChI=1S/C23H26N4O6/c1-4-33-22(29)19-11-12-27(26-19)16-7-5-15(6-8-16)25-23(30)24-14-20(28)18-13-17(31-2)9-10-21(18)32-3/h5-13,20,28H,4,14H2,1-3H3,(H2,24,25,30). The van der Waals surface area contributed by atoms with Crippen LogP contribution in [0.2, 0.25) is 0 Å². The number of rotatable bonds is 9. The predicted octanol–water partition coefficient (Wildman–Crippen LogP) is 2.92. The summed E-state index contributed by atoms with van der Waals surface area (Å²) >= 11 is 0. The van der Waals surface area contributed by atoms with Crippen LogP contribution in [0.4, 0.5) is 10.5 Å². The number of carbonyl (C=O) groups is 2. The normalized spacial score (nSPS) is 11.4. The molecule has 1 atom stereocenters. The molecule has 3 rings (SSSR count). The molecule has 0 spiro atoms. The van der Waals surface area contributed by atoms with Crippen LogP contribution >= 0.6 is 0 Å². The molecule has 3 N–H and O–H groups in total. The molecule has 0 bridgehead atoms. The molecule has 0 saturated carbocycles. The number of esters is 1. The van der Waals surface area contributed by atoms with Gasteiger partial charge in [0.15, 0.2) is 5.69 Å². The third-order valence-electron chi connectivity index (χ3n) is 4.72. The van der Waals surface area contributed by atoms with Crippen molar-refractivity contribution >= 4 is 17.7 Å². The monoisotopic (exact) mass is 454 g/mol. The number of amides is 2. The molecule has 2 amide bonds. The lowest BCUT2D eigenvalue weighted by Crippen LogP contribution is -2.32. The number of carbonyl (C=O) groups excluding carboxylic acids is 2. The zero-order valence-electron chi connectivity index (χ0n) is 18.6. The van der Waals surface area contributed by atoms with Crippen molar-refractivity contribution in [3.8, 4) is 17.2 Å². The second-order valence-electron chi connectivity index (χ2n) is 6.87. The minimum Gasteiger partial charge on any atom is -0.497 e. The lowest BCUT2D eigenvalue weighted by atomic mass is 10.1. The molecule has 174 valence electrons. The Labute approximate surface area is 191 Å². The summed E-state index contributed by atoms with van der Waals surface area (Å²) in [7, 11) is 3.03. The van der Waals surface area contributed by atoms with Crippen molar-refractivity contribution in [3.63, 3.8) is 0 Å². The molecule has 0 aliphatic heterocycles. The molecular formula is C23H26N4O6. The Morgan fingerprint density at radius 2 is 1.85 bits per heavy atom. The molecule has 2 aromatic carbocycles. The van der Waals surface area contributed by atoms with Gasteiger partial charge in [0.1, 0.15) is 17.6 Å². The van der Waals surface area contributed by atoms with Gasteiger partial charge in [0, 0.05) is 24.0 Å². The van der Waals surface area contributed by atoms with E-state index < -0.39 is 18.1 Å². The molecule has 33 heavy (non-hydrogen) atoms. The average Bonchev–Trinajstić information content (AvgIpc) is 3.33. The quantitative estimate of drug-likeness (QED) is 0.425. The Morgan fingerprint density at radius 3 is 2.52 bits per heavy atom. The first-order chi connectivity index (χ1) is 15.9. The van der Waals surface area contributed by atoms with Crippen molar-refractivity contribution in [2.45, 2.75) is 13.0 Å². The topological polar surface area (TPSA) is 124 Å². The lowest BCUT2D eigenvalue weighted by molar-refractivity contribution is 0.0519. The first-order valence-electron chi connectivity index (χ1n) is 10.2. The first-order valence-corrected chi connectivity index (χ1v) is 10.2. The first kappa shape index (κ1) is 23.6. The van der Waals surface area contributed by atoms with Crippen LogP contribution in [0.25, 0.3) is 5.69 Å². The molecule has 3 aromatic rings. The zero-order chi connectivity index (χ0) is 23.8. The number of ether oxygens (including phenoxy) is 3. The van der Waals surface area contributed by atoms with Gasteiger partial charge in [-0.2, -0.15) is 5.10 Å². The second kappa shape index (κ2) is 11.0. The van der Waals surface area contributed by atoms with E-state index in [1.807, 2.05) is 0 Å². The third-order valence-corrected chi connectivity index (χ3v) is 4.72. The van der Waals surface area contributed by atoms with Crippen LogP contribution in [0.15, 0.2) is 54.7 Å².